The Morgan fingerprint density at radius 3 is 1.28 bits per heavy atom. The topological polar surface area (TPSA) is 836 Å². The van der Waals surface area contributed by atoms with Crippen LogP contribution in [0.4, 0.5) is 0 Å². The molecule has 1 saturated heterocycles. The van der Waals surface area contributed by atoms with Crippen LogP contribution >= 0.6 is 0 Å². The first-order chi connectivity index (χ1) is 63.4. The molecule has 50 heteroatoms. The molecule has 0 bridgehead atoms. The molecule has 134 heavy (non-hydrogen) atoms. The molecule has 0 saturated carbocycles. The number of carboxylic acid groups (broad SMARTS) is 3. The third kappa shape index (κ3) is 40.6. The van der Waals surface area contributed by atoms with Crippen molar-refractivity contribution in [2.45, 2.75) is 227 Å². The number of phenols is 2. The maximum absolute atomic E-state index is 15.3. The zero-order valence-corrected chi connectivity index (χ0v) is 74.3. The van der Waals surface area contributed by atoms with Crippen molar-refractivity contribution >= 4 is 124 Å². The summed E-state index contributed by atoms with van der Waals surface area (Å²) in [5.41, 5.74) is 23.6. The number of hydrogen-bond acceptors (Lipinski definition) is 28. The Kier molecular flexibility index (Phi) is 48.3. The number of nitrogens with one attached hydrogen (secondary N) is 18. The molecular formula is C84H124N22O28. The van der Waals surface area contributed by atoms with Gasteiger partial charge in [-0.25, -0.2) is 4.79 Å². The number of amides is 17. The summed E-state index contributed by atoms with van der Waals surface area (Å²) < 4.78 is 0. The summed E-state index contributed by atoms with van der Waals surface area (Å²) in [6.45, 7) is 1.59. The monoisotopic (exact) mass is 1890 g/mol. The van der Waals surface area contributed by atoms with E-state index in [9.17, 15) is 122 Å². The Hall–Kier alpha value is -14.3. The van der Waals surface area contributed by atoms with E-state index in [1.165, 1.54) is 86.6 Å². The average molecular weight is 1890 g/mol. The van der Waals surface area contributed by atoms with Crippen LogP contribution in [-0.2, 0) is 115 Å². The SMILES string of the molecule is CC(C)C[C@@H]1NC(=O)C(C(C)C)NC(=O)[C@H](CC(N)=O)NC(=O)C(CO)NC(=O)[C@H](CO)NC(=O)C(CC(=O)O)NC(=O)[C@H](CC(=O)O)NC(=O)C(Cc2ccccc2)NC(=O)[C@H](Cc2ccc(O)cc2)NC(=O)CCNC(=O)CC(C(=O)NC(CCCCN)C(=O)N[C@@H](CCCCN)C(=O)NC(Cc2ccc(O)cc2)C(=O)N[C@@H](CCCNC(=N)N)C(=O)NC(CO)C(=O)O)NC1=O. The zero-order valence-electron chi connectivity index (χ0n) is 74.3. The molecule has 1 aliphatic heterocycles. The number of carboxylic acids is 3. The molecule has 50 nitrogen and oxygen atoms in total. The molecular weight excluding hydrogens is 1770 g/mol. The minimum Gasteiger partial charge on any atom is -0.508 e. The van der Waals surface area contributed by atoms with E-state index in [1.54, 1.807) is 19.9 Å². The normalized spacial score (nSPS) is 20.9. The number of unbranched alkanes of at least 4 members (excludes halogenated alkanes) is 2. The number of aromatic hydroxyl groups is 2. The van der Waals surface area contributed by atoms with Gasteiger partial charge < -0.3 is 154 Å². The molecule has 1 aliphatic rings. The van der Waals surface area contributed by atoms with Crippen LogP contribution in [0.2, 0.25) is 0 Å². The molecule has 17 amide bonds. The fourth-order valence-electron chi connectivity index (χ4n) is 13.4. The summed E-state index contributed by atoms with van der Waals surface area (Å²) in [4.78, 5) is 281. The molecule has 34 N–H and O–H groups in total. The first-order valence-corrected chi connectivity index (χ1v) is 43.1. The van der Waals surface area contributed by atoms with Gasteiger partial charge in [0, 0.05) is 38.8 Å². The lowest BCUT2D eigenvalue weighted by atomic mass is 9.99. The van der Waals surface area contributed by atoms with E-state index >= 15 is 14.4 Å². The van der Waals surface area contributed by atoms with Gasteiger partial charge in [0.25, 0.3) is 0 Å². The van der Waals surface area contributed by atoms with Crippen LogP contribution in [0.3, 0.4) is 0 Å². The third-order valence-electron chi connectivity index (χ3n) is 20.5. The van der Waals surface area contributed by atoms with Crippen LogP contribution in [0, 0.1) is 17.2 Å². The van der Waals surface area contributed by atoms with Gasteiger partial charge in [0.1, 0.15) is 102 Å². The molecule has 3 aromatic carbocycles. The summed E-state index contributed by atoms with van der Waals surface area (Å²) in [7, 11) is 0. The second-order valence-corrected chi connectivity index (χ2v) is 32.3. The number of rotatable bonds is 41. The molecule has 4 rings (SSSR count). The summed E-state index contributed by atoms with van der Waals surface area (Å²) in [6, 6.07) is -10.5. The van der Waals surface area contributed by atoms with Crippen molar-refractivity contribution in [2.24, 2.45) is 34.8 Å². The van der Waals surface area contributed by atoms with Crippen molar-refractivity contribution in [3.63, 3.8) is 0 Å². The molecule has 8 unspecified atom stereocenters. The van der Waals surface area contributed by atoms with Crippen molar-refractivity contribution < 1.29 is 137 Å². The lowest BCUT2D eigenvalue weighted by molar-refractivity contribution is -0.143. The standard InChI is InChI=1S/C84H124N22O28/c1-42(2)31-52-72(122)99-57(76(126)94-49(15-8-10-27-85)69(119)93-50(16-9-11-28-86)70(120)96-55(34-46-20-24-48(111)25-21-46)74(124)95-51(17-12-29-91-84(88)89)71(121)105-62(41-109)83(133)134)36-65(114)90-30-26-64(113)92-53(33-45-18-22-47(110)23-19-45)73(123)97-54(32-44-13-6-5-7-14-44)75(125)100-58(37-66(115)116)77(127)101-59(38-67(117)118)78(128)103-61(40-108)81(131)104-60(39-107)80(130)98-56(35-63(87)112)79(129)106-68(43(3)4)82(132)102-52/h5-7,13-14,18-25,42-43,49-62,68,107-111H,8-12,15-17,26-41,85-86H2,1-4H3,(H2,87,112)(H,90,114)(H,92,113)(H,93,119)(H,94,126)(H,95,124)(H,96,120)(H,97,123)(H,98,130)(H,99,122)(H,100,125)(H,101,127)(H,102,132)(H,103,128)(H,104,131)(H,105,121)(H,106,129)(H,115,116)(H,117,118)(H,133,134)(H4,88,89,91)/t49?,50-,51-,52-,53-,54?,55?,56-,57?,58-,59?,60?,61-,62?,68?/m0/s1. The van der Waals surface area contributed by atoms with Crippen molar-refractivity contribution in [3.8, 4) is 11.5 Å². The Labute approximate surface area is 769 Å². The van der Waals surface area contributed by atoms with Crippen LogP contribution in [0.5, 0.6) is 11.5 Å². The highest BCUT2D eigenvalue weighted by molar-refractivity contribution is 6.03. The lowest BCUT2D eigenvalue weighted by Crippen LogP contribution is -2.62. The van der Waals surface area contributed by atoms with Crippen molar-refractivity contribution in [1.82, 2.24) is 90.4 Å². The van der Waals surface area contributed by atoms with Crippen LogP contribution in [0.25, 0.3) is 0 Å². The predicted molar refractivity (Wildman–Crippen MR) is 471 cm³/mol. The Morgan fingerprint density at radius 1 is 0.433 bits per heavy atom. The number of aliphatic hydroxyl groups is 3. The molecule has 0 aliphatic carbocycles. The maximum atomic E-state index is 15.3. The second-order valence-electron chi connectivity index (χ2n) is 32.3. The quantitative estimate of drug-likeness (QED) is 0.0142. The van der Waals surface area contributed by atoms with E-state index < -0.39 is 298 Å². The van der Waals surface area contributed by atoms with Crippen molar-refractivity contribution in [3.05, 3.63) is 95.6 Å². The maximum Gasteiger partial charge on any atom is 0.328 e. The molecule has 3 aromatic rings. The summed E-state index contributed by atoms with van der Waals surface area (Å²) in [5, 5.41) is 128. The van der Waals surface area contributed by atoms with Gasteiger partial charge in [0.05, 0.1) is 45.5 Å². The van der Waals surface area contributed by atoms with Crippen LogP contribution in [0.15, 0.2) is 78.9 Å². The Balaban J connectivity index is 1.93. The number of guanidine groups is 1. The third-order valence-corrected chi connectivity index (χ3v) is 20.5. The van der Waals surface area contributed by atoms with Crippen LogP contribution in [0.1, 0.15) is 134 Å². The van der Waals surface area contributed by atoms with E-state index in [2.05, 4.69) is 74.4 Å². The van der Waals surface area contributed by atoms with E-state index in [1.807, 2.05) is 16.0 Å². The van der Waals surface area contributed by atoms with Gasteiger partial charge in [0.15, 0.2) is 5.96 Å². The molecule has 738 valence electrons. The molecule has 1 fully saturated rings. The lowest BCUT2D eigenvalue weighted by Gasteiger charge is -2.29. The summed E-state index contributed by atoms with van der Waals surface area (Å²) in [6.07, 6.45) is -7.27. The van der Waals surface area contributed by atoms with E-state index in [0.717, 1.165) is 0 Å². The molecule has 15 atom stereocenters. The van der Waals surface area contributed by atoms with Crippen LogP contribution < -0.4 is 113 Å². The van der Waals surface area contributed by atoms with E-state index in [-0.39, 0.29) is 101 Å². The largest absolute Gasteiger partial charge is 0.508 e. The highest BCUT2D eigenvalue weighted by Crippen LogP contribution is 2.18. The van der Waals surface area contributed by atoms with Gasteiger partial charge in [-0.2, -0.15) is 0 Å². The fraction of sp³-hybridized carbons (Fsp3) is 0.536. The number of aliphatic hydroxyl groups excluding tert-OH is 3. The van der Waals surface area contributed by atoms with Gasteiger partial charge in [-0.1, -0.05) is 82.3 Å². The molecule has 0 spiro atoms. The average Bonchev–Trinajstić information content (AvgIpc) is 0.845. The minimum atomic E-state index is -2.29. The number of benzene rings is 3. The summed E-state index contributed by atoms with van der Waals surface area (Å²) >= 11 is 0. The first-order valence-electron chi connectivity index (χ1n) is 43.1. The van der Waals surface area contributed by atoms with Gasteiger partial charge in [-0.05, 0) is 124 Å². The van der Waals surface area contributed by atoms with Crippen LogP contribution in [-0.4, -0.2) is 302 Å². The van der Waals surface area contributed by atoms with Crippen molar-refractivity contribution in [2.75, 3.05) is 46.0 Å². The fourth-order valence-corrected chi connectivity index (χ4v) is 13.4. The first kappa shape index (κ1) is 112. The van der Waals surface area contributed by atoms with Gasteiger partial charge >= 0.3 is 17.9 Å². The molecule has 0 radical (unpaired) electrons. The number of nitrogens with two attached hydrogens (primary N) is 4. The number of carbonyl (C=O) groups excluding carboxylic acids is 17. The van der Waals surface area contributed by atoms with Gasteiger partial charge in [-0.15, -0.1) is 0 Å². The molecule has 1 heterocycles. The van der Waals surface area contributed by atoms with Crippen molar-refractivity contribution in [1.29, 1.82) is 5.41 Å². The highest BCUT2D eigenvalue weighted by atomic mass is 16.4. The number of aliphatic carboxylic acids is 3. The number of primary amides is 1. The Bertz CT molecular complexity index is 4550. The summed E-state index contributed by atoms with van der Waals surface area (Å²) in [5.74, 6) is -29.0. The van der Waals surface area contributed by atoms with Gasteiger partial charge in [0.2, 0.25) is 100 Å². The second kappa shape index (κ2) is 57.8. The smallest absolute Gasteiger partial charge is 0.328 e. The van der Waals surface area contributed by atoms with E-state index in [4.69, 9.17) is 28.3 Å². The Morgan fingerprint density at radius 2 is 0.828 bits per heavy atom. The van der Waals surface area contributed by atoms with Gasteiger partial charge in [-0.3, -0.25) is 96.5 Å². The molecule has 0 aromatic heterocycles. The van der Waals surface area contributed by atoms with E-state index in [0.29, 0.717) is 11.1 Å². The predicted octanol–water partition coefficient (Wildman–Crippen LogP) is -9.58. The number of hydrogen-bond donors (Lipinski definition) is 30. The number of phenolic OH excluding ortho intramolecular Hbond substituents is 2. The highest BCUT2D eigenvalue weighted by Gasteiger charge is 2.41. The minimum absolute atomic E-state index is 0.0125. The number of carbonyl (C=O) groups is 20. The zero-order chi connectivity index (χ0) is 100.